The lowest BCUT2D eigenvalue weighted by atomic mass is 10.4. The highest BCUT2D eigenvalue weighted by molar-refractivity contribution is 14.1. The van der Waals surface area contributed by atoms with Crippen molar-refractivity contribution in [2.24, 2.45) is 0 Å². The zero-order chi connectivity index (χ0) is 11.4. The summed E-state index contributed by atoms with van der Waals surface area (Å²) in [7, 11) is 0. The summed E-state index contributed by atoms with van der Waals surface area (Å²) in [5.74, 6) is 0.918. The van der Waals surface area contributed by atoms with Gasteiger partial charge in [0.25, 0.3) is 0 Å². The normalized spacial score (nSPS) is 9.50. The summed E-state index contributed by atoms with van der Waals surface area (Å²) in [5.41, 5.74) is 0.257. The van der Waals surface area contributed by atoms with Gasteiger partial charge in [0.1, 0.15) is 15.5 Å². The van der Waals surface area contributed by atoms with Crippen molar-refractivity contribution in [2.75, 3.05) is 0 Å². The van der Waals surface area contributed by atoms with Crippen molar-refractivity contribution < 1.29 is 4.74 Å². The Morgan fingerprint density at radius 1 is 1.19 bits per heavy atom. The Labute approximate surface area is 105 Å². The van der Waals surface area contributed by atoms with E-state index in [1.807, 2.05) is 12.1 Å². The highest BCUT2D eigenvalue weighted by atomic mass is 127. The quantitative estimate of drug-likeness (QED) is 0.625. The topological polar surface area (TPSA) is 71.7 Å². The summed E-state index contributed by atoms with van der Waals surface area (Å²) < 4.78 is 6.27. The van der Waals surface area contributed by atoms with Crippen LogP contribution in [0.1, 0.15) is 5.69 Å². The smallest absolute Gasteiger partial charge is 0.239 e. The molecule has 78 valence electrons. The number of rotatable bonds is 2. The van der Waals surface area contributed by atoms with Crippen LogP contribution in [0.5, 0.6) is 11.6 Å². The van der Waals surface area contributed by atoms with Crippen LogP contribution in [0.3, 0.4) is 0 Å². The molecule has 0 bridgehead atoms. The summed E-state index contributed by atoms with van der Waals surface area (Å²) in [4.78, 5) is 4.07. The molecule has 0 radical (unpaired) electrons. The molecule has 0 amide bonds. The standard InChI is InChI=1S/C10H5IN4O/c11-9-3-2-8(6-13-9)16-10-4-1-7(5-12)14-15-10/h1-4,6H. The van der Waals surface area contributed by atoms with Gasteiger partial charge in [-0.05, 0) is 40.8 Å². The number of nitriles is 1. The van der Waals surface area contributed by atoms with Crippen molar-refractivity contribution in [1.29, 1.82) is 5.26 Å². The van der Waals surface area contributed by atoms with Crippen LogP contribution < -0.4 is 4.74 Å². The first-order chi connectivity index (χ1) is 7.78. The zero-order valence-corrected chi connectivity index (χ0v) is 10.1. The molecule has 2 heterocycles. The van der Waals surface area contributed by atoms with Gasteiger partial charge in [0.15, 0.2) is 5.69 Å². The lowest BCUT2D eigenvalue weighted by Gasteiger charge is -2.02. The number of pyridine rings is 1. The number of ether oxygens (including phenoxy) is 1. The maximum atomic E-state index is 8.54. The molecule has 0 saturated heterocycles. The highest BCUT2D eigenvalue weighted by Gasteiger charge is 2.00. The van der Waals surface area contributed by atoms with E-state index in [2.05, 4.69) is 37.8 Å². The second-order valence-electron chi connectivity index (χ2n) is 2.79. The van der Waals surface area contributed by atoms with Crippen LogP contribution in [0.15, 0.2) is 30.5 Å². The Morgan fingerprint density at radius 3 is 2.62 bits per heavy atom. The van der Waals surface area contributed by atoms with E-state index in [1.54, 1.807) is 24.4 Å². The summed E-state index contributed by atoms with van der Waals surface area (Å²) in [6, 6.07) is 8.63. The van der Waals surface area contributed by atoms with Gasteiger partial charge >= 0.3 is 0 Å². The predicted molar refractivity (Wildman–Crippen MR) is 63.8 cm³/mol. The van der Waals surface area contributed by atoms with E-state index >= 15 is 0 Å². The molecular formula is C10H5IN4O. The second kappa shape index (κ2) is 4.85. The van der Waals surface area contributed by atoms with Crippen LogP contribution in [0, 0.1) is 15.0 Å². The number of hydrogen-bond acceptors (Lipinski definition) is 5. The molecule has 2 rings (SSSR count). The predicted octanol–water partition coefficient (Wildman–Crippen LogP) is 2.14. The SMILES string of the molecule is N#Cc1ccc(Oc2ccc(I)nc2)nn1. The maximum Gasteiger partial charge on any atom is 0.239 e. The van der Waals surface area contributed by atoms with Crippen LogP contribution in [0.25, 0.3) is 0 Å². The lowest BCUT2D eigenvalue weighted by Crippen LogP contribution is -1.92. The van der Waals surface area contributed by atoms with Crippen molar-refractivity contribution in [3.05, 3.63) is 39.9 Å². The van der Waals surface area contributed by atoms with E-state index in [0.29, 0.717) is 11.6 Å². The molecule has 0 atom stereocenters. The van der Waals surface area contributed by atoms with Crippen LogP contribution >= 0.6 is 22.6 Å². The first-order valence-electron chi connectivity index (χ1n) is 4.31. The Bertz CT molecular complexity index is 518. The van der Waals surface area contributed by atoms with Crippen molar-refractivity contribution >= 4 is 22.6 Å². The second-order valence-corrected chi connectivity index (χ2v) is 3.89. The van der Waals surface area contributed by atoms with Crippen LogP contribution in [0.2, 0.25) is 0 Å². The van der Waals surface area contributed by atoms with Gasteiger partial charge in [0.2, 0.25) is 5.88 Å². The first kappa shape index (κ1) is 10.8. The van der Waals surface area contributed by atoms with E-state index in [-0.39, 0.29) is 5.69 Å². The van der Waals surface area contributed by atoms with Gasteiger partial charge in [-0.3, -0.25) is 0 Å². The van der Waals surface area contributed by atoms with Crippen molar-refractivity contribution in [3.63, 3.8) is 0 Å². The van der Waals surface area contributed by atoms with Gasteiger partial charge in [-0.1, -0.05) is 0 Å². The fraction of sp³-hybridized carbons (Fsp3) is 0. The van der Waals surface area contributed by atoms with Crippen LogP contribution in [0.4, 0.5) is 0 Å². The molecule has 0 aliphatic rings. The van der Waals surface area contributed by atoms with E-state index in [0.717, 1.165) is 3.70 Å². The highest BCUT2D eigenvalue weighted by Crippen LogP contribution is 2.17. The fourth-order valence-corrected chi connectivity index (χ4v) is 1.30. The number of hydrogen-bond donors (Lipinski definition) is 0. The first-order valence-corrected chi connectivity index (χ1v) is 5.39. The lowest BCUT2D eigenvalue weighted by molar-refractivity contribution is 0.452. The monoisotopic (exact) mass is 324 g/mol. The number of aromatic nitrogens is 3. The Balaban J connectivity index is 2.15. The Morgan fingerprint density at radius 2 is 2.06 bits per heavy atom. The molecule has 6 heteroatoms. The molecule has 0 aliphatic heterocycles. The van der Waals surface area contributed by atoms with Gasteiger partial charge in [0.05, 0.1) is 6.20 Å². The third kappa shape index (κ3) is 2.64. The molecule has 0 spiro atoms. The minimum Gasteiger partial charge on any atom is -0.436 e. The van der Waals surface area contributed by atoms with E-state index < -0.39 is 0 Å². The fourth-order valence-electron chi connectivity index (χ4n) is 0.977. The minimum atomic E-state index is 0.257. The minimum absolute atomic E-state index is 0.257. The van der Waals surface area contributed by atoms with Gasteiger partial charge < -0.3 is 4.74 Å². The van der Waals surface area contributed by atoms with Gasteiger partial charge in [-0.2, -0.15) is 5.26 Å². The molecule has 16 heavy (non-hydrogen) atoms. The van der Waals surface area contributed by atoms with E-state index in [1.165, 1.54) is 0 Å². The zero-order valence-electron chi connectivity index (χ0n) is 7.96. The Kier molecular flexibility index (Phi) is 3.26. The summed E-state index contributed by atoms with van der Waals surface area (Å²) in [6.45, 7) is 0. The molecular weight excluding hydrogens is 319 g/mol. The van der Waals surface area contributed by atoms with E-state index in [4.69, 9.17) is 10.00 Å². The molecule has 2 aromatic rings. The largest absolute Gasteiger partial charge is 0.436 e. The summed E-state index contributed by atoms with van der Waals surface area (Å²) in [6.07, 6.45) is 1.60. The van der Waals surface area contributed by atoms with E-state index in [9.17, 15) is 0 Å². The summed E-state index contributed by atoms with van der Waals surface area (Å²) >= 11 is 2.11. The molecule has 0 fully saturated rings. The van der Waals surface area contributed by atoms with Crippen molar-refractivity contribution in [2.45, 2.75) is 0 Å². The van der Waals surface area contributed by atoms with Gasteiger partial charge in [-0.15, -0.1) is 10.2 Å². The van der Waals surface area contributed by atoms with Crippen molar-refractivity contribution in [3.8, 4) is 17.7 Å². The average molecular weight is 324 g/mol. The third-order valence-corrected chi connectivity index (χ3v) is 2.32. The molecule has 0 aliphatic carbocycles. The molecule has 0 aromatic carbocycles. The molecule has 0 unspecified atom stereocenters. The van der Waals surface area contributed by atoms with Gasteiger partial charge in [0, 0.05) is 6.07 Å². The molecule has 2 aromatic heterocycles. The molecule has 5 nitrogen and oxygen atoms in total. The third-order valence-electron chi connectivity index (χ3n) is 1.68. The maximum absolute atomic E-state index is 8.54. The van der Waals surface area contributed by atoms with Crippen molar-refractivity contribution in [1.82, 2.24) is 15.2 Å². The Hall–Kier alpha value is -1.75. The van der Waals surface area contributed by atoms with Crippen LogP contribution in [-0.4, -0.2) is 15.2 Å². The van der Waals surface area contributed by atoms with Crippen LogP contribution in [-0.2, 0) is 0 Å². The summed E-state index contributed by atoms with van der Waals surface area (Å²) in [5, 5.41) is 15.9. The average Bonchev–Trinajstić information content (AvgIpc) is 2.33. The number of nitrogens with zero attached hydrogens (tertiary/aromatic N) is 4. The molecule has 0 saturated carbocycles. The molecule has 0 N–H and O–H groups in total. The van der Waals surface area contributed by atoms with Gasteiger partial charge in [-0.25, -0.2) is 4.98 Å². The number of halogens is 1.